The van der Waals surface area contributed by atoms with Crippen LogP contribution < -0.4 is 10.6 Å². The fourth-order valence-electron chi connectivity index (χ4n) is 2.15. The van der Waals surface area contributed by atoms with Gasteiger partial charge < -0.3 is 15.5 Å². The molecular formula is C14H19N3O4S. The molecule has 0 aliphatic carbocycles. The van der Waals surface area contributed by atoms with E-state index in [-0.39, 0.29) is 30.5 Å². The molecule has 0 radical (unpaired) electrons. The highest BCUT2D eigenvalue weighted by molar-refractivity contribution is 7.91. The third kappa shape index (κ3) is 4.45. The van der Waals surface area contributed by atoms with Gasteiger partial charge in [0, 0.05) is 18.8 Å². The van der Waals surface area contributed by atoms with Crippen molar-refractivity contribution in [3.63, 3.8) is 0 Å². The lowest BCUT2D eigenvalue weighted by atomic mass is 10.3. The highest BCUT2D eigenvalue weighted by Gasteiger charge is 2.28. The Bertz CT molecular complexity index is 631. The Morgan fingerprint density at radius 1 is 1.14 bits per heavy atom. The fraction of sp³-hybridized carbons (Fsp3) is 0.429. The van der Waals surface area contributed by atoms with Gasteiger partial charge in [-0.05, 0) is 19.1 Å². The Hall–Kier alpha value is -2.09. The number of carbonyl (C=O) groups excluding carboxylic acids is 2. The Kier molecular flexibility index (Phi) is 5.02. The summed E-state index contributed by atoms with van der Waals surface area (Å²) in [6.07, 6.45) is 0. The van der Waals surface area contributed by atoms with Crippen molar-refractivity contribution >= 4 is 27.5 Å². The minimum atomic E-state index is -3.03. The third-order valence-electron chi connectivity index (χ3n) is 3.41. The first-order chi connectivity index (χ1) is 10.4. The summed E-state index contributed by atoms with van der Waals surface area (Å²) in [5, 5.41) is 5.18. The van der Waals surface area contributed by atoms with Gasteiger partial charge >= 0.3 is 6.03 Å². The molecule has 1 aliphatic rings. The second-order valence-corrected chi connectivity index (χ2v) is 7.47. The van der Waals surface area contributed by atoms with Crippen LogP contribution >= 0.6 is 0 Å². The molecule has 2 N–H and O–H groups in total. The number of nitrogens with one attached hydrogen (secondary N) is 2. The maximum absolute atomic E-state index is 12.2. The van der Waals surface area contributed by atoms with Gasteiger partial charge in [0.05, 0.1) is 11.5 Å². The lowest BCUT2D eigenvalue weighted by molar-refractivity contribution is -0.132. The monoisotopic (exact) mass is 325 g/mol. The van der Waals surface area contributed by atoms with Crippen molar-refractivity contribution in [3.8, 4) is 0 Å². The molecule has 3 amide bonds. The molecule has 0 saturated carbocycles. The van der Waals surface area contributed by atoms with Crippen LogP contribution in [0.1, 0.15) is 6.92 Å². The van der Waals surface area contributed by atoms with Crippen molar-refractivity contribution in [1.29, 1.82) is 0 Å². The molecule has 2 rings (SSSR count). The molecule has 0 spiro atoms. The van der Waals surface area contributed by atoms with E-state index in [0.29, 0.717) is 5.69 Å². The molecule has 1 fully saturated rings. The van der Waals surface area contributed by atoms with Crippen LogP contribution in [0.2, 0.25) is 0 Å². The molecule has 1 aliphatic heterocycles. The lowest BCUT2D eigenvalue weighted by Crippen LogP contribution is -2.52. The normalized spacial score (nSPS) is 18.3. The Balaban J connectivity index is 1.85. The minimum absolute atomic E-state index is 0.0261. The quantitative estimate of drug-likeness (QED) is 0.843. The molecule has 1 saturated heterocycles. The van der Waals surface area contributed by atoms with Crippen LogP contribution in [-0.4, -0.2) is 55.9 Å². The number of hydrogen-bond acceptors (Lipinski definition) is 4. The van der Waals surface area contributed by atoms with Gasteiger partial charge in [0.25, 0.3) is 0 Å². The van der Waals surface area contributed by atoms with E-state index in [0.717, 1.165) is 0 Å². The molecule has 1 atom stereocenters. The largest absolute Gasteiger partial charge is 0.339 e. The van der Waals surface area contributed by atoms with Crippen molar-refractivity contribution < 1.29 is 18.0 Å². The van der Waals surface area contributed by atoms with E-state index >= 15 is 0 Å². The van der Waals surface area contributed by atoms with Gasteiger partial charge in [0.2, 0.25) is 5.91 Å². The molecule has 1 unspecified atom stereocenters. The van der Waals surface area contributed by atoms with Crippen LogP contribution in [-0.2, 0) is 14.6 Å². The van der Waals surface area contributed by atoms with Crippen LogP contribution in [0.25, 0.3) is 0 Å². The van der Waals surface area contributed by atoms with Gasteiger partial charge in [0.1, 0.15) is 6.04 Å². The average Bonchev–Trinajstić information content (AvgIpc) is 2.47. The smallest absolute Gasteiger partial charge is 0.319 e. The van der Waals surface area contributed by atoms with Crippen LogP contribution in [0.15, 0.2) is 30.3 Å². The van der Waals surface area contributed by atoms with Crippen molar-refractivity contribution in [2.75, 3.05) is 29.9 Å². The van der Waals surface area contributed by atoms with Gasteiger partial charge in [-0.2, -0.15) is 0 Å². The van der Waals surface area contributed by atoms with Gasteiger partial charge in [-0.15, -0.1) is 0 Å². The van der Waals surface area contributed by atoms with Gasteiger partial charge in [-0.3, -0.25) is 4.79 Å². The summed E-state index contributed by atoms with van der Waals surface area (Å²) in [6.45, 7) is 1.93. The minimum Gasteiger partial charge on any atom is -0.339 e. The average molecular weight is 325 g/mol. The number of urea groups is 1. The van der Waals surface area contributed by atoms with E-state index < -0.39 is 21.9 Å². The number of rotatable bonds is 3. The van der Waals surface area contributed by atoms with E-state index in [1.165, 1.54) is 4.90 Å². The maximum atomic E-state index is 12.2. The number of nitrogens with zero attached hydrogens (tertiary/aromatic N) is 1. The van der Waals surface area contributed by atoms with Crippen molar-refractivity contribution in [2.24, 2.45) is 0 Å². The Morgan fingerprint density at radius 3 is 2.32 bits per heavy atom. The highest BCUT2D eigenvalue weighted by Crippen LogP contribution is 2.07. The van der Waals surface area contributed by atoms with E-state index in [4.69, 9.17) is 0 Å². The number of anilines is 1. The summed E-state index contributed by atoms with van der Waals surface area (Å²) < 4.78 is 22.7. The lowest BCUT2D eigenvalue weighted by Gasteiger charge is -2.29. The van der Waals surface area contributed by atoms with Gasteiger partial charge in [-0.1, -0.05) is 18.2 Å². The number of sulfone groups is 1. The Labute approximate surface area is 129 Å². The summed E-state index contributed by atoms with van der Waals surface area (Å²) in [7, 11) is -3.03. The zero-order valence-electron chi connectivity index (χ0n) is 12.3. The maximum Gasteiger partial charge on any atom is 0.319 e. The van der Waals surface area contributed by atoms with Gasteiger partial charge in [-0.25, -0.2) is 13.2 Å². The third-order valence-corrected chi connectivity index (χ3v) is 5.01. The first kappa shape index (κ1) is 16.3. The molecule has 1 aromatic carbocycles. The first-order valence-electron chi connectivity index (χ1n) is 6.99. The molecule has 120 valence electrons. The van der Waals surface area contributed by atoms with E-state index in [1.807, 2.05) is 6.07 Å². The summed E-state index contributed by atoms with van der Waals surface area (Å²) in [6, 6.07) is 7.70. The molecule has 8 heteroatoms. The second kappa shape index (κ2) is 6.78. The first-order valence-corrected chi connectivity index (χ1v) is 8.81. The number of hydrogen-bond donors (Lipinski definition) is 2. The molecule has 1 aromatic rings. The second-order valence-electron chi connectivity index (χ2n) is 5.16. The molecule has 7 nitrogen and oxygen atoms in total. The van der Waals surface area contributed by atoms with E-state index in [1.54, 1.807) is 31.2 Å². The zero-order valence-corrected chi connectivity index (χ0v) is 13.1. The number of benzene rings is 1. The number of amides is 3. The standard InChI is InChI=1S/C14H19N3O4S/c1-11(13(18)17-7-9-22(20,21)10-8-17)15-14(19)16-12-5-3-2-4-6-12/h2-6,11H,7-10H2,1H3,(H2,15,16,19). The molecule has 0 bridgehead atoms. The summed E-state index contributed by atoms with van der Waals surface area (Å²) >= 11 is 0. The molecule has 22 heavy (non-hydrogen) atoms. The molecule has 0 aromatic heterocycles. The van der Waals surface area contributed by atoms with Crippen LogP contribution in [0, 0.1) is 0 Å². The van der Waals surface area contributed by atoms with Crippen molar-refractivity contribution in [2.45, 2.75) is 13.0 Å². The SMILES string of the molecule is CC(NC(=O)Nc1ccccc1)C(=O)N1CCS(=O)(=O)CC1. The fourth-order valence-corrected chi connectivity index (χ4v) is 3.35. The summed E-state index contributed by atoms with van der Waals surface area (Å²) in [5.74, 6) is -0.332. The van der Waals surface area contributed by atoms with Gasteiger partial charge in [0.15, 0.2) is 9.84 Å². The van der Waals surface area contributed by atoms with Crippen molar-refractivity contribution in [1.82, 2.24) is 10.2 Å². The highest BCUT2D eigenvalue weighted by atomic mass is 32.2. The predicted molar refractivity (Wildman–Crippen MR) is 83.3 cm³/mol. The van der Waals surface area contributed by atoms with Crippen LogP contribution in [0.4, 0.5) is 10.5 Å². The summed E-state index contributed by atoms with van der Waals surface area (Å²) in [4.78, 5) is 25.5. The molecular weight excluding hydrogens is 306 g/mol. The zero-order chi connectivity index (χ0) is 16.2. The van der Waals surface area contributed by atoms with E-state index in [2.05, 4.69) is 10.6 Å². The summed E-state index contributed by atoms with van der Waals surface area (Å²) in [5.41, 5.74) is 0.628. The van der Waals surface area contributed by atoms with Crippen LogP contribution in [0.3, 0.4) is 0 Å². The van der Waals surface area contributed by atoms with Crippen molar-refractivity contribution in [3.05, 3.63) is 30.3 Å². The topological polar surface area (TPSA) is 95.6 Å². The van der Waals surface area contributed by atoms with E-state index in [9.17, 15) is 18.0 Å². The molecule has 1 heterocycles. The number of carbonyl (C=O) groups is 2. The predicted octanol–water partition coefficient (Wildman–Crippen LogP) is 0.454. The Morgan fingerprint density at radius 2 is 1.73 bits per heavy atom. The number of para-hydroxylation sites is 1. The van der Waals surface area contributed by atoms with Crippen LogP contribution in [0.5, 0.6) is 0 Å².